The van der Waals surface area contributed by atoms with Crippen molar-refractivity contribution in [2.24, 2.45) is 10.2 Å². The van der Waals surface area contributed by atoms with E-state index in [0.717, 1.165) is 46.3 Å². The van der Waals surface area contributed by atoms with Gasteiger partial charge in [-0.3, -0.25) is 4.79 Å². The fraction of sp³-hybridized carbons (Fsp3) is 0.439. The van der Waals surface area contributed by atoms with Crippen LogP contribution in [0.25, 0.3) is 0 Å². The van der Waals surface area contributed by atoms with Gasteiger partial charge in [-0.25, -0.2) is 14.7 Å². The van der Waals surface area contributed by atoms with Gasteiger partial charge in [0.2, 0.25) is 0 Å². The Morgan fingerprint density at radius 2 is 1.44 bits per heavy atom. The first-order chi connectivity index (χ1) is 35.0. The van der Waals surface area contributed by atoms with Crippen molar-refractivity contribution >= 4 is 34.7 Å². The Hall–Kier alpha value is -5.53. The van der Waals surface area contributed by atoms with Gasteiger partial charge in [0.05, 0.1) is 52.7 Å². The molecular formula is C57H71N6O8PSi. The molecule has 0 spiro atoms. The number of hydrogen-bond acceptors (Lipinski definition) is 13. The molecule has 4 aromatic rings. The number of amides is 1. The molecule has 1 fully saturated rings. The number of carbonyl (C=O) groups excluding carboxylic acids is 1. The van der Waals surface area contributed by atoms with Crippen molar-refractivity contribution in [2.45, 2.75) is 128 Å². The van der Waals surface area contributed by atoms with E-state index in [0.29, 0.717) is 29.3 Å². The van der Waals surface area contributed by atoms with E-state index in [1.165, 1.54) is 5.01 Å². The summed E-state index contributed by atoms with van der Waals surface area (Å²) in [5.74, 6) is 1.25. The first kappa shape index (κ1) is 53.7. The van der Waals surface area contributed by atoms with Crippen LogP contribution in [0.15, 0.2) is 142 Å². The number of benzene rings is 4. The smallest absolute Gasteiger partial charge is 0.274 e. The van der Waals surface area contributed by atoms with E-state index in [9.17, 15) is 10.1 Å². The summed E-state index contributed by atoms with van der Waals surface area (Å²) < 4.78 is 50.4. The third-order valence-corrected chi connectivity index (χ3v) is 21.0. The van der Waals surface area contributed by atoms with E-state index in [-0.39, 0.29) is 42.7 Å². The zero-order valence-corrected chi connectivity index (χ0v) is 46.0. The van der Waals surface area contributed by atoms with Crippen LogP contribution in [0.1, 0.15) is 94.8 Å². The molecule has 4 aromatic carbocycles. The second-order valence-corrected chi connectivity index (χ2v) is 27.0. The molecule has 0 aromatic heterocycles. The summed E-state index contributed by atoms with van der Waals surface area (Å²) in [6.45, 7) is 20.2. The van der Waals surface area contributed by atoms with Gasteiger partial charge in [-0.05, 0) is 123 Å². The number of methoxy groups -OCH3 is 2. The molecule has 3 aliphatic heterocycles. The number of nitriles is 1. The molecule has 0 N–H and O–H groups in total. The number of nitrogens with zero attached hydrogens (tertiary/aromatic N) is 6. The average Bonchev–Trinajstić information content (AvgIpc) is 3.88. The molecule has 0 radical (unpaired) electrons. The summed E-state index contributed by atoms with van der Waals surface area (Å²) in [4.78, 5) is 13.8. The molecule has 5 atom stereocenters. The minimum absolute atomic E-state index is 0.0273. The maximum absolute atomic E-state index is 13.8. The summed E-state index contributed by atoms with van der Waals surface area (Å²) in [7, 11) is -1.13. The molecule has 1 saturated heterocycles. The quantitative estimate of drug-likeness (QED) is 0.0362. The maximum atomic E-state index is 13.8. The van der Waals surface area contributed by atoms with Gasteiger partial charge < -0.3 is 32.4 Å². The molecule has 14 nitrogen and oxygen atoms in total. The normalized spacial score (nSPS) is 20.5. The lowest BCUT2D eigenvalue weighted by Gasteiger charge is -2.43. The molecule has 73 heavy (non-hydrogen) atoms. The van der Waals surface area contributed by atoms with E-state index in [4.69, 9.17) is 42.6 Å². The van der Waals surface area contributed by atoms with Gasteiger partial charge in [-0.2, -0.15) is 15.5 Å². The minimum atomic E-state index is -2.64. The Morgan fingerprint density at radius 1 is 0.849 bits per heavy atom. The largest absolute Gasteiger partial charge is 0.497 e. The lowest BCUT2D eigenvalue weighted by molar-refractivity contribution is -0.106. The van der Waals surface area contributed by atoms with Crippen molar-refractivity contribution in [1.29, 1.82) is 5.26 Å². The van der Waals surface area contributed by atoms with Crippen molar-refractivity contribution < 1.29 is 37.2 Å². The van der Waals surface area contributed by atoms with Crippen LogP contribution in [0.2, 0.25) is 18.1 Å². The molecule has 16 heteroatoms. The molecule has 0 bridgehead atoms. The number of allylic oxidation sites excluding steroid dienone is 2. The Bertz CT molecular complexity index is 2650. The van der Waals surface area contributed by atoms with E-state index < -0.39 is 47.0 Å². The molecule has 0 saturated carbocycles. The Morgan fingerprint density at radius 3 is 2.00 bits per heavy atom. The highest BCUT2D eigenvalue weighted by Crippen LogP contribution is 2.52. The number of carbonyl (C=O) groups is 1. The molecule has 4 aliphatic rings. The fourth-order valence-electron chi connectivity index (χ4n) is 9.68. The lowest BCUT2D eigenvalue weighted by atomic mass is 9.80. The summed E-state index contributed by atoms with van der Waals surface area (Å²) >= 11 is 0. The first-order valence-electron chi connectivity index (χ1n) is 25.3. The highest BCUT2D eigenvalue weighted by atomic mass is 31.2. The molecule has 386 valence electrons. The summed E-state index contributed by atoms with van der Waals surface area (Å²) in [5, 5.41) is 23.0. The van der Waals surface area contributed by atoms with Gasteiger partial charge >= 0.3 is 0 Å². The number of hydrazone groups is 2. The molecule has 1 amide bonds. The van der Waals surface area contributed by atoms with Crippen molar-refractivity contribution in [3.05, 3.63) is 154 Å². The third-order valence-electron chi connectivity index (χ3n) is 14.3. The summed E-state index contributed by atoms with van der Waals surface area (Å²) in [5.41, 5.74) is 5.89. The molecular weight excluding hydrogens is 956 g/mol. The molecule has 8 rings (SSSR count). The fourth-order valence-corrected chi connectivity index (χ4v) is 12.7. The Labute approximate surface area is 434 Å². The van der Waals surface area contributed by atoms with E-state index in [1.54, 1.807) is 20.4 Å². The predicted molar refractivity (Wildman–Crippen MR) is 289 cm³/mol. The topological polar surface area (TPSA) is 140 Å². The van der Waals surface area contributed by atoms with Crippen LogP contribution in [-0.4, -0.2) is 111 Å². The van der Waals surface area contributed by atoms with Crippen molar-refractivity contribution in [1.82, 2.24) is 14.7 Å². The van der Waals surface area contributed by atoms with Gasteiger partial charge in [0.1, 0.15) is 41.1 Å². The van der Waals surface area contributed by atoms with E-state index in [1.807, 2.05) is 102 Å². The van der Waals surface area contributed by atoms with Crippen molar-refractivity contribution in [3.8, 4) is 17.6 Å². The standard InChI is InChI=1S/C57H71N6O8PSi/c1-39(2)63(40(3)4)72(68-34-18-33-58)70-52-50(38-67-57(44-21-16-13-17-22-44,45-25-29-47(65-8)30-26-45)46-27-31-48(66-9)32-28-46)69-55(53(52)71-73(10,11)56(5,6)7)62-37-43-24-23-42-36-61(59-35-49(60-62)51(42)43)54(64)41-19-14-12-15-20-41/h12-17,19-22,25-32,35,37,39-40,50,52-53,55H,18,23-24,34,36,38H2,1-11H3/t50-,52-,53-,55-,72?/m1/s1. The van der Waals surface area contributed by atoms with Gasteiger partial charge in [-0.15, -0.1) is 0 Å². The maximum Gasteiger partial charge on any atom is 0.274 e. The molecule has 1 unspecified atom stereocenters. The van der Waals surface area contributed by atoms with Crippen LogP contribution >= 0.6 is 8.53 Å². The van der Waals surface area contributed by atoms with Crippen LogP contribution < -0.4 is 9.47 Å². The van der Waals surface area contributed by atoms with Crippen LogP contribution in [0.3, 0.4) is 0 Å². The average molecular weight is 1030 g/mol. The zero-order valence-electron chi connectivity index (χ0n) is 44.2. The van der Waals surface area contributed by atoms with Crippen LogP contribution in [0.5, 0.6) is 11.5 Å². The second-order valence-electron chi connectivity index (χ2n) is 20.8. The van der Waals surface area contributed by atoms with Crippen molar-refractivity contribution in [2.75, 3.05) is 34.0 Å². The summed E-state index contributed by atoms with van der Waals surface area (Å²) in [6, 6.07) is 37.7. The van der Waals surface area contributed by atoms with Gasteiger partial charge in [-0.1, -0.05) is 93.6 Å². The second kappa shape index (κ2) is 22.9. The Balaban J connectivity index is 1.27. The van der Waals surface area contributed by atoms with E-state index >= 15 is 0 Å². The lowest BCUT2D eigenvalue weighted by Crippen LogP contribution is -2.52. The molecule has 1 aliphatic carbocycles. The highest BCUT2D eigenvalue weighted by molar-refractivity contribution is 7.44. The minimum Gasteiger partial charge on any atom is -0.497 e. The van der Waals surface area contributed by atoms with Crippen LogP contribution in [0.4, 0.5) is 0 Å². The number of ether oxygens (including phenoxy) is 4. The first-order valence-corrected chi connectivity index (χ1v) is 29.3. The van der Waals surface area contributed by atoms with Crippen LogP contribution in [-0.2, 0) is 28.5 Å². The number of hydrogen-bond donors (Lipinski definition) is 0. The SMILES string of the molecule is COc1ccc(C(OC[C@H]2O[C@@H](N3C=C4CCC5=C4C(=N3)C=NN(C(=O)c3ccccc3)C5)[C@H](O[Si](C)(C)C(C)(C)C)[C@@H]2OP(OCCC#N)N(C(C)C)C(C)C)(c2ccccc2)c2ccc(OC)cc2)cc1. The van der Waals surface area contributed by atoms with Gasteiger partial charge in [0, 0.05) is 29.4 Å². The van der Waals surface area contributed by atoms with Gasteiger partial charge in [0.15, 0.2) is 14.5 Å². The van der Waals surface area contributed by atoms with E-state index in [2.05, 4.69) is 90.6 Å². The van der Waals surface area contributed by atoms with Crippen LogP contribution in [0, 0.1) is 11.3 Å². The monoisotopic (exact) mass is 1030 g/mol. The number of rotatable bonds is 20. The summed E-state index contributed by atoms with van der Waals surface area (Å²) in [6.07, 6.45) is 2.42. The Kier molecular flexibility index (Phi) is 16.9. The predicted octanol–water partition coefficient (Wildman–Crippen LogP) is 11.6. The zero-order chi connectivity index (χ0) is 52.1. The molecule has 3 heterocycles. The third kappa shape index (κ3) is 11.4. The van der Waals surface area contributed by atoms with Crippen molar-refractivity contribution in [3.63, 3.8) is 0 Å². The van der Waals surface area contributed by atoms with Gasteiger partial charge in [0.25, 0.3) is 14.4 Å². The highest BCUT2D eigenvalue weighted by Gasteiger charge is 2.56.